The highest BCUT2D eigenvalue weighted by molar-refractivity contribution is 9.10. The summed E-state index contributed by atoms with van der Waals surface area (Å²) in [5.41, 5.74) is 1.85. The second-order valence-corrected chi connectivity index (χ2v) is 6.12. The maximum Gasteiger partial charge on any atom is 0.218 e. The fourth-order valence-corrected chi connectivity index (χ4v) is 3.32. The Morgan fingerprint density at radius 1 is 1.11 bits per heavy atom. The molecular weight excluding hydrogens is 322 g/mol. The lowest BCUT2D eigenvalue weighted by Crippen LogP contribution is -2.04. The van der Waals surface area contributed by atoms with Gasteiger partial charge in [0.15, 0.2) is 0 Å². The number of rotatable bonds is 2. The van der Waals surface area contributed by atoms with Crippen molar-refractivity contribution in [3.63, 3.8) is 0 Å². The third-order valence-electron chi connectivity index (χ3n) is 2.83. The fourth-order valence-electron chi connectivity index (χ4n) is 1.91. The van der Waals surface area contributed by atoms with Crippen molar-refractivity contribution in [2.24, 2.45) is 4.99 Å². The van der Waals surface area contributed by atoms with Gasteiger partial charge in [0, 0.05) is 14.9 Å². The van der Waals surface area contributed by atoms with E-state index < -0.39 is 0 Å². The largest absolute Gasteiger partial charge is 0.286 e. The molecule has 0 aromatic heterocycles. The number of Topliss-reactive ketones (excluding diaryl/α,β-unsaturated/α-hetero) is 1. The van der Waals surface area contributed by atoms with Crippen molar-refractivity contribution in [2.45, 2.75) is 11.4 Å². The molecule has 0 amide bonds. The van der Waals surface area contributed by atoms with Crippen LogP contribution < -0.4 is 0 Å². The Balaban J connectivity index is 1.82. The minimum atomic E-state index is 0.0376. The molecule has 94 valence electrons. The Morgan fingerprint density at radius 2 is 1.95 bits per heavy atom. The first kappa shape index (κ1) is 12.6. The van der Waals surface area contributed by atoms with Crippen molar-refractivity contribution in [1.82, 2.24) is 0 Å². The van der Waals surface area contributed by atoms with Crippen LogP contribution in [0, 0.1) is 0 Å². The van der Waals surface area contributed by atoms with Crippen molar-refractivity contribution in [3.05, 3.63) is 64.1 Å². The summed E-state index contributed by atoms with van der Waals surface area (Å²) in [6.45, 7) is 0.529. The van der Waals surface area contributed by atoms with Gasteiger partial charge in [0.1, 0.15) is 5.04 Å². The minimum Gasteiger partial charge on any atom is -0.286 e. The number of carbonyl (C=O) groups excluding carboxylic acids is 1. The number of hydrogen-bond donors (Lipinski definition) is 0. The monoisotopic (exact) mass is 331 g/mol. The second kappa shape index (κ2) is 5.31. The lowest BCUT2D eigenvalue weighted by molar-refractivity contribution is 0.106. The van der Waals surface area contributed by atoms with Crippen molar-refractivity contribution in [1.29, 1.82) is 0 Å². The first-order valence-electron chi connectivity index (χ1n) is 5.84. The molecule has 0 atom stereocenters. The molecule has 4 heteroatoms. The van der Waals surface area contributed by atoms with E-state index in [1.807, 2.05) is 48.5 Å². The number of aliphatic imine (C=N–C) groups is 1. The van der Waals surface area contributed by atoms with E-state index in [1.54, 1.807) is 0 Å². The summed E-state index contributed by atoms with van der Waals surface area (Å²) in [4.78, 5) is 17.6. The lowest BCUT2D eigenvalue weighted by Gasteiger charge is -1.98. The number of hydrogen-bond acceptors (Lipinski definition) is 3. The minimum absolute atomic E-state index is 0.0376. The van der Waals surface area contributed by atoms with Gasteiger partial charge in [-0.05, 0) is 29.8 Å². The van der Waals surface area contributed by atoms with E-state index >= 15 is 0 Å². The molecule has 2 aromatic rings. The molecule has 3 rings (SSSR count). The smallest absolute Gasteiger partial charge is 0.218 e. The molecule has 1 heterocycles. The van der Waals surface area contributed by atoms with Gasteiger partial charge in [0.05, 0.1) is 6.54 Å². The van der Waals surface area contributed by atoms with Gasteiger partial charge in [-0.15, -0.1) is 0 Å². The van der Waals surface area contributed by atoms with Gasteiger partial charge in [0.2, 0.25) is 5.78 Å². The summed E-state index contributed by atoms with van der Waals surface area (Å²) in [6, 6.07) is 15.6. The van der Waals surface area contributed by atoms with Crippen LogP contribution in [0.5, 0.6) is 0 Å². The molecule has 1 aliphatic rings. The normalized spacial score (nSPS) is 15.8. The maximum absolute atomic E-state index is 12.1. The summed E-state index contributed by atoms with van der Waals surface area (Å²) in [7, 11) is 0. The fraction of sp³-hybridized carbons (Fsp3) is 0.0667. The Labute approximate surface area is 124 Å². The van der Waals surface area contributed by atoms with E-state index in [4.69, 9.17) is 0 Å². The van der Waals surface area contributed by atoms with Gasteiger partial charge < -0.3 is 0 Å². The highest BCUT2D eigenvalue weighted by atomic mass is 79.9. The Bertz CT molecular complexity index is 681. The van der Waals surface area contributed by atoms with E-state index in [1.165, 1.54) is 11.8 Å². The van der Waals surface area contributed by atoms with Crippen molar-refractivity contribution < 1.29 is 4.79 Å². The number of benzene rings is 2. The predicted octanol–water partition coefficient (Wildman–Crippen LogP) is 4.34. The zero-order chi connectivity index (χ0) is 13.2. The van der Waals surface area contributed by atoms with Crippen LogP contribution in [0.4, 0.5) is 0 Å². The van der Waals surface area contributed by atoms with Crippen LogP contribution >= 0.6 is 27.7 Å². The van der Waals surface area contributed by atoms with Crippen LogP contribution in [0.1, 0.15) is 15.9 Å². The summed E-state index contributed by atoms with van der Waals surface area (Å²) in [6.07, 6.45) is 0. The summed E-state index contributed by atoms with van der Waals surface area (Å²) in [5.74, 6) is 0.0376. The van der Waals surface area contributed by atoms with Gasteiger partial charge in [-0.2, -0.15) is 0 Å². The molecule has 0 N–H and O–H groups in total. The number of thioether (sulfide) groups is 1. The van der Waals surface area contributed by atoms with E-state index in [9.17, 15) is 4.79 Å². The van der Waals surface area contributed by atoms with E-state index in [2.05, 4.69) is 20.9 Å². The number of fused-ring (bicyclic) bond motifs is 1. The Morgan fingerprint density at radius 3 is 2.74 bits per heavy atom. The zero-order valence-corrected chi connectivity index (χ0v) is 12.4. The molecule has 1 aliphatic heterocycles. The molecule has 0 saturated heterocycles. The first-order valence-corrected chi connectivity index (χ1v) is 7.45. The van der Waals surface area contributed by atoms with Crippen LogP contribution in [0.3, 0.4) is 0 Å². The van der Waals surface area contributed by atoms with Crippen LogP contribution in [0.2, 0.25) is 0 Å². The highest BCUT2D eigenvalue weighted by Gasteiger charge is 2.26. The SMILES string of the molecule is O=C1C(=NCc2cccc(Br)c2)Sc2ccccc21. The first-order chi connectivity index (χ1) is 9.24. The van der Waals surface area contributed by atoms with Crippen molar-refractivity contribution in [2.75, 3.05) is 0 Å². The van der Waals surface area contributed by atoms with E-state index in [-0.39, 0.29) is 5.78 Å². The zero-order valence-electron chi connectivity index (χ0n) is 9.97. The number of halogens is 1. The standard InChI is InChI=1S/C15H10BrNOS/c16-11-5-3-4-10(8-11)9-17-15-14(18)12-6-1-2-7-13(12)19-15/h1-8H,9H2. The summed E-state index contributed by atoms with van der Waals surface area (Å²) < 4.78 is 1.03. The third kappa shape index (κ3) is 2.65. The lowest BCUT2D eigenvalue weighted by atomic mass is 10.1. The van der Waals surface area contributed by atoms with E-state index in [0.717, 1.165) is 20.5 Å². The number of nitrogens with zero attached hydrogens (tertiary/aromatic N) is 1. The number of ketones is 1. The highest BCUT2D eigenvalue weighted by Crippen LogP contribution is 2.33. The predicted molar refractivity (Wildman–Crippen MR) is 81.9 cm³/mol. The quantitative estimate of drug-likeness (QED) is 0.819. The van der Waals surface area contributed by atoms with Crippen LogP contribution in [-0.2, 0) is 6.54 Å². The molecule has 0 fully saturated rings. The molecule has 0 radical (unpaired) electrons. The topological polar surface area (TPSA) is 29.4 Å². The van der Waals surface area contributed by atoms with Gasteiger partial charge in [0.25, 0.3) is 0 Å². The maximum atomic E-state index is 12.1. The van der Waals surface area contributed by atoms with Crippen LogP contribution in [0.15, 0.2) is 62.9 Å². The average molecular weight is 332 g/mol. The van der Waals surface area contributed by atoms with Gasteiger partial charge >= 0.3 is 0 Å². The molecule has 0 aliphatic carbocycles. The molecule has 2 aromatic carbocycles. The van der Waals surface area contributed by atoms with Gasteiger partial charge in [-0.1, -0.05) is 52.0 Å². The molecule has 19 heavy (non-hydrogen) atoms. The Kier molecular flexibility index (Phi) is 3.53. The average Bonchev–Trinajstić information content (AvgIpc) is 2.74. The number of carbonyl (C=O) groups is 1. The molecular formula is C15H10BrNOS. The molecule has 0 unspecified atom stereocenters. The van der Waals surface area contributed by atoms with Gasteiger partial charge in [-0.3, -0.25) is 9.79 Å². The van der Waals surface area contributed by atoms with Crippen molar-refractivity contribution in [3.8, 4) is 0 Å². The second-order valence-electron chi connectivity index (χ2n) is 4.18. The van der Waals surface area contributed by atoms with Crippen molar-refractivity contribution >= 4 is 38.5 Å². The van der Waals surface area contributed by atoms with Crippen LogP contribution in [0.25, 0.3) is 0 Å². The third-order valence-corrected chi connectivity index (χ3v) is 4.40. The molecule has 0 bridgehead atoms. The van der Waals surface area contributed by atoms with Crippen LogP contribution in [-0.4, -0.2) is 10.8 Å². The van der Waals surface area contributed by atoms with E-state index in [0.29, 0.717) is 11.6 Å². The molecule has 0 saturated carbocycles. The summed E-state index contributed by atoms with van der Waals surface area (Å²) >= 11 is 4.89. The summed E-state index contributed by atoms with van der Waals surface area (Å²) in [5, 5.41) is 0.584. The Hall–Kier alpha value is -1.39. The van der Waals surface area contributed by atoms with Gasteiger partial charge in [-0.25, -0.2) is 0 Å². The molecule has 2 nitrogen and oxygen atoms in total. The molecule has 0 spiro atoms.